The fourth-order valence-corrected chi connectivity index (χ4v) is 2.69. The van der Waals surface area contributed by atoms with Crippen LogP contribution in [0, 0.1) is 0 Å². The SMILES string of the molecule is CN1CCN(c2ccc(C(=O)Nc3ccccc3N)cc2)CC1. The number of benzene rings is 2. The van der Waals surface area contributed by atoms with Crippen LogP contribution in [0.15, 0.2) is 48.5 Å². The van der Waals surface area contributed by atoms with Crippen molar-refractivity contribution in [3.05, 3.63) is 54.1 Å². The molecule has 0 unspecified atom stereocenters. The van der Waals surface area contributed by atoms with E-state index in [0.29, 0.717) is 16.9 Å². The quantitative estimate of drug-likeness (QED) is 0.854. The van der Waals surface area contributed by atoms with E-state index < -0.39 is 0 Å². The summed E-state index contributed by atoms with van der Waals surface area (Å²) in [6, 6.07) is 15.0. The Morgan fingerprint density at radius 1 is 1.00 bits per heavy atom. The number of piperazine rings is 1. The van der Waals surface area contributed by atoms with Gasteiger partial charge in [-0.15, -0.1) is 0 Å². The summed E-state index contributed by atoms with van der Waals surface area (Å²) < 4.78 is 0. The smallest absolute Gasteiger partial charge is 0.255 e. The Morgan fingerprint density at radius 3 is 2.30 bits per heavy atom. The number of anilines is 3. The van der Waals surface area contributed by atoms with Crippen LogP contribution in [0.3, 0.4) is 0 Å². The summed E-state index contributed by atoms with van der Waals surface area (Å²) in [5.41, 5.74) is 8.85. The molecule has 0 aliphatic carbocycles. The number of carbonyl (C=O) groups is 1. The molecule has 5 nitrogen and oxygen atoms in total. The minimum atomic E-state index is -0.146. The lowest BCUT2D eigenvalue weighted by Gasteiger charge is -2.34. The van der Waals surface area contributed by atoms with Crippen molar-refractivity contribution in [2.75, 3.05) is 49.2 Å². The van der Waals surface area contributed by atoms with Crippen molar-refractivity contribution in [2.24, 2.45) is 0 Å². The summed E-state index contributed by atoms with van der Waals surface area (Å²) in [6.07, 6.45) is 0. The molecule has 23 heavy (non-hydrogen) atoms. The third-order valence-electron chi connectivity index (χ3n) is 4.21. The van der Waals surface area contributed by atoms with E-state index in [0.717, 1.165) is 31.9 Å². The molecule has 0 bridgehead atoms. The molecule has 5 heteroatoms. The highest BCUT2D eigenvalue weighted by atomic mass is 16.1. The number of rotatable bonds is 3. The van der Waals surface area contributed by atoms with Crippen LogP contribution in [0.5, 0.6) is 0 Å². The fraction of sp³-hybridized carbons (Fsp3) is 0.278. The predicted molar refractivity (Wildman–Crippen MR) is 95.0 cm³/mol. The minimum absolute atomic E-state index is 0.146. The molecule has 1 saturated heterocycles. The van der Waals surface area contributed by atoms with Crippen LogP contribution in [0.2, 0.25) is 0 Å². The molecule has 2 aromatic rings. The second-order valence-corrected chi connectivity index (χ2v) is 5.88. The van der Waals surface area contributed by atoms with E-state index in [1.54, 1.807) is 12.1 Å². The first-order valence-corrected chi connectivity index (χ1v) is 7.83. The van der Waals surface area contributed by atoms with Crippen LogP contribution in [0.25, 0.3) is 0 Å². The Hall–Kier alpha value is -2.53. The topological polar surface area (TPSA) is 61.6 Å². The molecular formula is C18H22N4O. The Labute approximate surface area is 136 Å². The zero-order chi connectivity index (χ0) is 16.2. The molecule has 0 spiro atoms. The first-order chi connectivity index (χ1) is 11.1. The van der Waals surface area contributed by atoms with Crippen LogP contribution in [-0.2, 0) is 0 Å². The van der Waals surface area contributed by atoms with Crippen molar-refractivity contribution in [1.82, 2.24) is 4.90 Å². The van der Waals surface area contributed by atoms with Gasteiger partial charge in [0.1, 0.15) is 0 Å². The Morgan fingerprint density at radius 2 is 1.65 bits per heavy atom. The fourth-order valence-electron chi connectivity index (χ4n) is 2.69. The molecule has 1 fully saturated rings. The van der Waals surface area contributed by atoms with Crippen LogP contribution >= 0.6 is 0 Å². The van der Waals surface area contributed by atoms with E-state index in [1.165, 1.54) is 0 Å². The average Bonchev–Trinajstić information content (AvgIpc) is 2.58. The van der Waals surface area contributed by atoms with Gasteiger partial charge in [-0.2, -0.15) is 0 Å². The van der Waals surface area contributed by atoms with E-state index in [9.17, 15) is 4.79 Å². The summed E-state index contributed by atoms with van der Waals surface area (Å²) in [7, 11) is 2.14. The van der Waals surface area contributed by atoms with Gasteiger partial charge in [0.2, 0.25) is 0 Å². The molecule has 1 heterocycles. The number of nitrogens with two attached hydrogens (primary N) is 1. The number of likely N-dealkylation sites (N-methyl/N-ethyl adjacent to an activating group) is 1. The van der Waals surface area contributed by atoms with Crippen LogP contribution in [0.1, 0.15) is 10.4 Å². The number of hydrogen-bond acceptors (Lipinski definition) is 4. The molecule has 2 aromatic carbocycles. The van der Waals surface area contributed by atoms with Gasteiger partial charge in [-0.3, -0.25) is 4.79 Å². The summed E-state index contributed by atoms with van der Waals surface area (Å²) in [5.74, 6) is -0.146. The molecule has 3 N–H and O–H groups in total. The third-order valence-corrected chi connectivity index (χ3v) is 4.21. The number of nitrogens with one attached hydrogen (secondary N) is 1. The van der Waals surface area contributed by atoms with E-state index in [2.05, 4.69) is 22.2 Å². The highest BCUT2D eigenvalue weighted by Crippen LogP contribution is 2.20. The zero-order valence-corrected chi connectivity index (χ0v) is 13.3. The van der Waals surface area contributed by atoms with Gasteiger partial charge in [0, 0.05) is 37.4 Å². The third kappa shape index (κ3) is 3.63. The predicted octanol–water partition coefficient (Wildman–Crippen LogP) is 2.27. The second-order valence-electron chi connectivity index (χ2n) is 5.88. The van der Waals surface area contributed by atoms with Gasteiger partial charge >= 0.3 is 0 Å². The lowest BCUT2D eigenvalue weighted by Crippen LogP contribution is -2.44. The Kier molecular flexibility index (Phi) is 4.48. The van der Waals surface area contributed by atoms with Crippen LogP contribution in [-0.4, -0.2) is 44.0 Å². The number of amides is 1. The highest BCUT2D eigenvalue weighted by molar-refractivity contribution is 6.05. The second kappa shape index (κ2) is 6.71. The number of hydrogen-bond donors (Lipinski definition) is 2. The molecular weight excluding hydrogens is 288 g/mol. The molecule has 1 aliphatic heterocycles. The van der Waals surface area contributed by atoms with Crippen molar-refractivity contribution < 1.29 is 4.79 Å². The largest absolute Gasteiger partial charge is 0.397 e. The molecule has 0 saturated carbocycles. The van der Waals surface area contributed by atoms with E-state index in [-0.39, 0.29) is 5.91 Å². The van der Waals surface area contributed by atoms with Gasteiger partial charge in [-0.05, 0) is 43.4 Å². The summed E-state index contributed by atoms with van der Waals surface area (Å²) in [5, 5.41) is 2.85. The molecule has 0 atom stereocenters. The lowest BCUT2D eigenvalue weighted by atomic mass is 10.1. The number of carbonyl (C=O) groups excluding carboxylic acids is 1. The molecule has 0 radical (unpaired) electrons. The van der Waals surface area contributed by atoms with Crippen LogP contribution < -0.4 is 16.0 Å². The van der Waals surface area contributed by atoms with E-state index >= 15 is 0 Å². The molecule has 0 aromatic heterocycles. The van der Waals surface area contributed by atoms with Crippen molar-refractivity contribution in [2.45, 2.75) is 0 Å². The standard InChI is InChI=1S/C18H22N4O/c1-21-10-12-22(13-11-21)15-8-6-14(7-9-15)18(23)20-17-5-3-2-4-16(17)19/h2-9H,10-13,19H2,1H3,(H,20,23). The Balaban J connectivity index is 1.67. The molecule has 1 aliphatic rings. The van der Waals surface area contributed by atoms with E-state index in [1.807, 2.05) is 36.4 Å². The average molecular weight is 310 g/mol. The number of para-hydroxylation sites is 2. The monoisotopic (exact) mass is 310 g/mol. The molecule has 120 valence electrons. The summed E-state index contributed by atoms with van der Waals surface area (Å²) in [4.78, 5) is 17.0. The maximum atomic E-state index is 12.3. The number of nitrogens with zero attached hydrogens (tertiary/aromatic N) is 2. The van der Waals surface area contributed by atoms with Crippen molar-refractivity contribution in [3.8, 4) is 0 Å². The van der Waals surface area contributed by atoms with Gasteiger partial charge in [-0.1, -0.05) is 12.1 Å². The van der Waals surface area contributed by atoms with Gasteiger partial charge in [-0.25, -0.2) is 0 Å². The van der Waals surface area contributed by atoms with Crippen molar-refractivity contribution >= 4 is 23.0 Å². The normalized spacial score (nSPS) is 15.4. The number of nitrogen functional groups attached to an aromatic ring is 1. The first-order valence-electron chi connectivity index (χ1n) is 7.83. The van der Waals surface area contributed by atoms with Gasteiger partial charge in [0.15, 0.2) is 0 Å². The zero-order valence-electron chi connectivity index (χ0n) is 13.3. The Bertz CT molecular complexity index is 676. The van der Waals surface area contributed by atoms with Crippen LogP contribution in [0.4, 0.5) is 17.1 Å². The van der Waals surface area contributed by atoms with Crippen molar-refractivity contribution in [3.63, 3.8) is 0 Å². The first kappa shape index (κ1) is 15.4. The molecule has 1 amide bonds. The summed E-state index contributed by atoms with van der Waals surface area (Å²) in [6.45, 7) is 4.16. The van der Waals surface area contributed by atoms with Gasteiger partial charge in [0.05, 0.1) is 11.4 Å². The van der Waals surface area contributed by atoms with Crippen molar-refractivity contribution in [1.29, 1.82) is 0 Å². The van der Waals surface area contributed by atoms with Gasteiger partial charge < -0.3 is 20.9 Å². The van der Waals surface area contributed by atoms with E-state index in [4.69, 9.17) is 5.73 Å². The minimum Gasteiger partial charge on any atom is -0.397 e. The lowest BCUT2D eigenvalue weighted by molar-refractivity contribution is 0.102. The maximum Gasteiger partial charge on any atom is 0.255 e. The maximum absolute atomic E-state index is 12.3. The molecule has 3 rings (SSSR count). The highest BCUT2D eigenvalue weighted by Gasteiger charge is 2.15. The van der Waals surface area contributed by atoms with Gasteiger partial charge in [0.25, 0.3) is 5.91 Å². The summed E-state index contributed by atoms with van der Waals surface area (Å²) >= 11 is 0.